The topological polar surface area (TPSA) is 81.7 Å². The van der Waals surface area contributed by atoms with Crippen LogP contribution in [0.2, 0.25) is 0 Å². The van der Waals surface area contributed by atoms with Crippen LogP contribution in [-0.2, 0) is 6.42 Å². The first kappa shape index (κ1) is 14.6. The fraction of sp³-hybridized carbons (Fsp3) is 0.500. The van der Waals surface area contributed by atoms with Crippen LogP contribution in [0.3, 0.4) is 0 Å². The van der Waals surface area contributed by atoms with Gasteiger partial charge in [0.15, 0.2) is 0 Å². The summed E-state index contributed by atoms with van der Waals surface area (Å²) in [6.07, 6.45) is 8.35. The zero-order valence-electron chi connectivity index (χ0n) is 12.0. The molecule has 0 bridgehead atoms. The summed E-state index contributed by atoms with van der Waals surface area (Å²) < 4.78 is 2.05. The van der Waals surface area contributed by atoms with Crippen molar-refractivity contribution in [1.29, 1.82) is 0 Å². The summed E-state index contributed by atoms with van der Waals surface area (Å²) in [7, 11) is 0. The molecular weight excluding hydrogens is 252 g/mol. The minimum Gasteiger partial charge on any atom is -0.271 e. The Labute approximate surface area is 119 Å². The van der Waals surface area contributed by atoms with Crippen LogP contribution >= 0.6 is 0 Å². The zero-order valence-corrected chi connectivity index (χ0v) is 12.0. The van der Waals surface area contributed by atoms with Gasteiger partial charge in [0, 0.05) is 18.8 Å². The third-order valence-electron chi connectivity index (χ3n) is 3.60. The van der Waals surface area contributed by atoms with Gasteiger partial charge in [-0.25, -0.2) is 0 Å². The Kier molecular flexibility index (Phi) is 5.20. The number of nitrogens with zero attached hydrogens (tertiary/aromatic N) is 4. The summed E-state index contributed by atoms with van der Waals surface area (Å²) in [5.74, 6) is 5.64. The van der Waals surface area contributed by atoms with Gasteiger partial charge in [-0.15, -0.1) is 0 Å². The predicted molar refractivity (Wildman–Crippen MR) is 77.6 cm³/mol. The Morgan fingerprint density at radius 3 is 2.65 bits per heavy atom. The third-order valence-corrected chi connectivity index (χ3v) is 3.60. The van der Waals surface area contributed by atoms with Crippen molar-refractivity contribution in [3.63, 3.8) is 0 Å². The molecule has 2 aromatic rings. The molecule has 6 heteroatoms. The molecule has 2 heterocycles. The van der Waals surface area contributed by atoms with Crippen LogP contribution in [0.25, 0.3) is 0 Å². The predicted octanol–water partition coefficient (Wildman–Crippen LogP) is 1.78. The van der Waals surface area contributed by atoms with Gasteiger partial charge in [-0.3, -0.25) is 16.0 Å². The highest BCUT2D eigenvalue weighted by Crippen LogP contribution is 2.18. The maximum atomic E-state index is 5.64. The Bertz CT molecular complexity index is 505. The van der Waals surface area contributed by atoms with Gasteiger partial charge < -0.3 is 0 Å². The van der Waals surface area contributed by atoms with E-state index in [0.717, 1.165) is 30.5 Å². The minimum absolute atomic E-state index is 0.00412. The highest BCUT2D eigenvalue weighted by Gasteiger charge is 2.14. The number of hydrazine groups is 1. The van der Waals surface area contributed by atoms with Crippen molar-refractivity contribution in [2.75, 3.05) is 0 Å². The molecule has 0 fully saturated rings. The molecule has 2 aromatic heterocycles. The maximum Gasteiger partial charge on any atom is 0.0644 e. The van der Waals surface area contributed by atoms with E-state index in [-0.39, 0.29) is 6.04 Å². The molecule has 0 amide bonds. The fourth-order valence-corrected chi connectivity index (χ4v) is 2.34. The molecule has 0 aliphatic heterocycles. The van der Waals surface area contributed by atoms with Crippen LogP contribution in [0, 0.1) is 0 Å². The van der Waals surface area contributed by atoms with Gasteiger partial charge in [0.2, 0.25) is 0 Å². The largest absolute Gasteiger partial charge is 0.271 e. The normalized spacial score (nSPS) is 12.8. The molecule has 108 valence electrons. The summed E-state index contributed by atoms with van der Waals surface area (Å²) in [6.45, 7) is 4.37. The number of aromatic nitrogens is 4. The third kappa shape index (κ3) is 3.40. The summed E-state index contributed by atoms with van der Waals surface area (Å²) in [5.41, 5.74) is 4.85. The minimum atomic E-state index is -0.00412. The maximum absolute atomic E-state index is 5.64. The lowest BCUT2D eigenvalue weighted by Gasteiger charge is -2.15. The number of nitrogens with two attached hydrogens (primary N) is 1. The van der Waals surface area contributed by atoms with Gasteiger partial charge in [0.25, 0.3) is 0 Å². The first-order valence-corrected chi connectivity index (χ1v) is 7.05. The monoisotopic (exact) mass is 274 g/mol. The van der Waals surface area contributed by atoms with Gasteiger partial charge in [0.05, 0.1) is 24.0 Å². The molecule has 6 nitrogen and oxygen atoms in total. The van der Waals surface area contributed by atoms with E-state index in [2.05, 4.69) is 40.6 Å². The van der Waals surface area contributed by atoms with Crippen LogP contribution in [0.15, 0.2) is 30.7 Å². The van der Waals surface area contributed by atoms with Crippen LogP contribution in [0.4, 0.5) is 0 Å². The molecule has 2 rings (SSSR count). The van der Waals surface area contributed by atoms with Crippen molar-refractivity contribution >= 4 is 0 Å². The van der Waals surface area contributed by atoms with Crippen LogP contribution in [0.1, 0.15) is 50.0 Å². The van der Waals surface area contributed by atoms with E-state index in [0.29, 0.717) is 6.04 Å². The van der Waals surface area contributed by atoms with Gasteiger partial charge in [-0.1, -0.05) is 13.8 Å². The van der Waals surface area contributed by atoms with Crippen LogP contribution in [0.5, 0.6) is 0 Å². The van der Waals surface area contributed by atoms with Crippen molar-refractivity contribution in [2.45, 2.75) is 45.2 Å². The standard InChI is InChI=1S/C14H22N6/c1-3-13(4-2)20-8-6-12(19-20)9-14(18-15)11-5-7-16-17-10-11/h5-8,10,13-14,18H,3-4,9,15H2,1-2H3. The summed E-state index contributed by atoms with van der Waals surface area (Å²) in [4.78, 5) is 0. The van der Waals surface area contributed by atoms with E-state index in [1.165, 1.54) is 0 Å². The molecular formula is C14H22N6. The summed E-state index contributed by atoms with van der Waals surface area (Å²) >= 11 is 0. The number of hydrogen-bond acceptors (Lipinski definition) is 5. The molecule has 0 aliphatic carbocycles. The second kappa shape index (κ2) is 7.12. The van der Waals surface area contributed by atoms with E-state index in [1.807, 2.05) is 16.9 Å². The SMILES string of the molecule is CCC(CC)n1ccc(CC(NN)c2ccnnc2)n1. The molecule has 20 heavy (non-hydrogen) atoms. The first-order valence-electron chi connectivity index (χ1n) is 7.05. The van der Waals surface area contributed by atoms with E-state index in [4.69, 9.17) is 5.84 Å². The van der Waals surface area contributed by atoms with E-state index in [9.17, 15) is 0 Å². The van der Waals surface area contributed by atoms with Gasteiger partial charge in [0.1, 0.15) is 0 Å². The average molecular weight is 274 g/mol. The number of hydrogen-bond donors (Lipinski definition) is 2. The lowest BCUT2D eigenvalue weighted by Crippen LogP contribution is -2.29. The highest BCUT2D eigenvalue weighted by atomic mass is 15.3. The quantitative estimate of drug-likeness (QED) is 0.594. The van der Waals surface area contributed by atoms with Gasteiger partial charge in [-0.05, 0) is 30.5 Å². The second-order valence-corrected chi connectivity index (χ2v) is 4.86. The van der Waals surface area contributed by atoms with Gasteiger partial charge >= 0.3 is 0 Å². The van der Waals surface area contributed by atoms with Crippen molar-refractivity contribution < 1.29 is 0 Å². The molecule has 1 unspecified atom stereocenters. The number of nitrogens with one attached hydrogen (secondary N) is 1. The fourth-order valence-electron chi connectivity index (χ4n) is 2.34. The lowest BCUT2D eigenvalue weighted by molar-refractivity contribution is 0.422. The Hall–Kier alpha value is -1.79. The average Bonchev–Trinajstić information content (AvgIpc) is 2.95. The second-order valence-electron chi connectivity index (χ2n) is 4.86. The van der Waals surface area contributed by atoms with Crippen molar-refractivity contribution in [3.05, 3.63) is 42.0 Å². The van der Waals surface area contributed by atoms with Gasteiger partial charge in [-0.2, -0.15) is 15.3 Å². The van der Waals surface area contributed by atoms with Crippen molar-refractivity contribution in [2.24, 2.45) is 5.84 Å². The summed E-state index contributed by atoms with van der Waals surface area (Å²) in [5, 5.41) is 12.3. The molecule has 0 spiro atoms. The molecule has 0 saturated carbocycles. The Morgan fingerprint density at radius 1 is 1.25 bits per heavy atom. The van der Waals surface area contributed by atoms with Crippen molar-refractivity contribution in [3.8, 4) is 0 Å². The smallest absolute Gasteiger partial charge is 0.0644 e. The molecule has 1 atom stereocenters. The molecule has 0 aliphatic rings. The lowest BCUT2D eigenvalue weighted by atomic mass is 10.1. The van der Waals surface area contributed by atoms with Crippen molar-refractivity contribution in [1.82, 2.24) is 25.4 Å². The Balaban J connectivity index is 2.09. The first-order chi connectivity index (χ1) is 9.78. The molecule has 0 saturated heterocycles. The van der Waals surface area contributed by atoms with Crippen LogP contribution in [-0.4, -0.2) is 20.0 Å². The highest BCUT2D eigenvalue weighted by molar-refractivity contribution is 5.15. The van der Waals surface area contributed by atoms with E-state index < -0.39 is 0 Å². The number of rotatable bonds is 7. The molecule has 0 radical (unpaired) electrons. The van der Waals surface area contributed by atoms with E-state index in [1.54, 1.807) is 12.4 Å². The van der Waals surface area contributed by atoms with Crippen LogP contribution < -0.4 is 11.3 Å². The molecule has 0 aromatic carbocycles. The summed E-state index contributed by atoms with van der Waals surface area (Å²) in [6, 6.07) is 4.43. The van der Waals surface area contributed by atoms with E-state index >= 15 is 0 Å². The molecule has 3 N–H and O–H groups in total. The zero-order chi connectivity index (χ0) is 14.4. The Morgan fingerprint density at radius 2 is 2.05 bits per heavy atom.